The first kappa shape index (κ1) is 23.5. The van der Waals surface area contributed by atoms with E-state index in [0.29, 0.717) is 5.56 Å². The van der Waals surface area contributed by atoms with Gasteiger partial charge in [0, 0.05) is 30.8 Å². The molecular weight excluding hydrogens is 460 g/mol. The molecule has 35 heavy (non-hydrogen) atoms. The number of amides is 1. The average molecular weight is 487 g/mol. The molecule has 9 heteroatoms. The molecule has 1 atom stereocenters. The van der Waals surface area contributed by atoms with Crippen molar-refractivity contribution in [2.45, 2.75) is 38.5 Å². The predicted molar refractivity (Wildman–Crippen MR) is 122 cm³/mol. The molecule has 1 N–H and O–H groups in total. The van der Waals surface area contributed by atoms with Crippen molar-refractivity contribution in [2.24, 2.45) is 11.3 Å². The van der Waals surface area contributed by atoms with Gasteiger partial charge in [0.15, 0.2) is 0 Å². The van der Waals surface area contributed by atoms with Gasteiger partial charge in [0.2, 0.25) is 5.91 Å². The molecule has 5 rings (SSSR count). The Morgan fingerprint density at radius 1 is 1.09 bits per heavy atom. The van der Waals surface area contributed by atoms with E-state index >= 15 is 0 Å². The van der Waals surface area contributed by atoms with E-state index in [1.165, 1.54) is 18.2 Å². The summed E-state index contributed by atoms with van der Waals surface area (Å²) in [5.41, 5.74) is 1.61. The van der Waals surface area contributed by atoms with Gasteiger partial charge in [0.1, 0.15) is 5.82 Å². The van der Waals surface area contributed by atoms with Crippen LogP contribution in [0.15, 0.2) is 60.9 Å². The predicted octanol–water partition coefficient (Wildman–Crippen LogP) is 4.95. The van der Waals surface area contributed by atoms with Gasteiger partial charge in [-0.05, 0) is 79.7 Å². The van der Waals surface area contributed by atoms with Crippen molar-refractivity contribution in [3.05, 3.63) is 83.4 Å². The molecular formula is C26H26F4N4O. The number of likely N-dealkylation sites (tertiary alicyclic amines) is 1. The number of piperidine rings is 1. The monoisotopic (exact) mass is 486 g/mol. The van der Waals surface area contributed by atoms with E-state index in [0.717, 1.165) is 62.3 Å². The summed E-state index contributed by atoms with van der Waals surface area (Å²) in [4.78, 5) is 15.0. The fourth-order valence-electron chi connectivity index (χ4n) is 5.03. The number of alkyl halides is 3. The molecule has 1 aliphatic carbocycles. The Labute approximate surface area is 200 Å². The van der Waals surface area contributed by atoms with Gasteiger partial charge in [-0.25, -0.2) is 9.07 Å². The van der Waals surface area contributed by atoms with Crippen LogP contribution in [0.5, 0.6) is 0 Å². The van der Waals surface area contributed by atoms with E-state index in [-0.39, 0.29) is 29.6 Å². The second-order valence-corrected chi connectivity index (χ2v) is 9.58. The fourth-order valence-corrected chi connectivity index (χ4v) is 5.03. The van der Waals surface area contributed by atoms with Crippen molar-refractivity contribution in [2.75, 3.05) is 13.1 Å². The van der Waals surface area contributed by atoms with Crippen LogP contribution in [0.25, 0.3) is 5.69 Å². The highest BCUT2D eigenvalue weighted by Gasteiger charge is 2.58. The number of halogens is 4. The number of nitrogens with one attached hydrogen (secondary N) is 1. The van der Waals surface area contributed by atoms with Gasteiger partial charge in [-0.3, -0.25) is 9.69 Å². The van der Waals surface area contributed by atoms with E-state index in [1.54, 1.807) is 22.9 Å². The van der Waals surface area contributed by atoms with Crippen LogP contribution in [-0.2, 0) is 24.1 Å². The summed E-state index contributed by atoms with van der Waals surface area (Å²) in [5.74, 6) is -0.431. The maximum absolute atomic E-state index is 13.1. The van der Waals surface area contributed by atoms with Crippen molar-refractivity contribution in [1.29, 1.82) is 0 Å². The first-order valence-corrected chi connectivity index (χ1v) is 11.7. The van der Waals surface area contributed by atoms with Crippen molar-refractivity contribution in [3.63, 3.8) is 0 Å². The number of carbonyl (C=O) groups excluding carboxylic acids is 1. The van der Waals surface area contributed by atoms with Crippen LogP contribution in [0.4, 0.5) is 17.6 Å². The lowest BCUT2D eigenvalue weighted by Crippen LogP contribution is -2.36. The molecule has 1 saturated carbocycles. The lowest BCUT2D eigenvalue weighted by atomic mass is 9.90. The van der Waals surface area contributed by atoms with Crippen LogP contribution >= 0.6 is 0 Å². The minimum absolute atomic E-state index is 0.00664. The van der Waals surface area contributed by atoms with Crippen LogP contribution in [0.3, 0.4) is 0 Å². The average Bonchev–Trinajstić information content (AvgIpc) is 3.34. The lowest BCUT2D eigenvalue weighted by molar-refractivity contribution is -0.137. The van der Waals surface area contributed by atoms with Gasteiger partial charge < -0.3 is 5.32 Å². The standard InChI is InChI=1S/C26H26F4N4O/c27-21-4-6-22(7-5-21)34-17-19(15-32-34)16-33-10-8-25(9-11-33)13-23(25)24(35)31-14-18-2-1-3-20(12-18)26(28,29)30/h1-7,12,15,17,23H,8-11,13-14,16H2,(H,31,35)/t23-/m0/s1. The van der Waals surface area contributed by atoms with Gasteiger partial charge in [-0.2, -0.15) is 18.3 Å². The molecule has 2 aliphatic rings. The molecule has 0 bridgehead atoms. The van der Waals surface area contributed by atoms with Gasteiger partial charge in [0.05, 0.1) is 17.4 Å². The zero-order chi connectivity index (χ0) is 24.6. The summed E-state index contributed by atoms with van der Waals surface area (Å²) < 4.78 is 53.6. The van der Waals surface area contributed by atoms with Crippen LogP contribution in [-0.4, -0.2) is 33.7 Å². The SMILES string of the molecule is O=C(NCc1cccc(C(F)(F)F)c1)[C@@H]1CC12CCN(Cc1cnn(-c3ccc(F)cc3)c1)CC2. The number of rotatable bonds is 6. The zero-order valence-corrected chi connectivity index (χ0v) is 19.1. The molecule has 2 heterocycles. The molecule has 1 aliphatic heterocycles. The van der Waals surface area contributed by atoms with E-state index in [2.05, 4.69) is 15.3 Å². The summed E-state index contributed by atoms with van der Waals surface area (Å²) in [7, 11) is 0. The Morgan fingerprint density at radius 2 is 1.83 bits per heavy atom. The Morgan fingerprint density at radius 3 is 2.54 bits per heavy atom. The highest BCUT2D eigenvalue weighted by atomic mass is 19.4. The number of carbonyl (C=O) groups is 1. The molecule has 1 aromatic heterocycles. The highest BCUT2D eigenvalue weighted by molar-refractivity contribution is 5.82. The first-order valence-electron chi connectivity index (χ1n) is 11.7. The summed E-state index contributed by atoms with van der Waals surface area (Å²) >= 11 is 0. The van der Waals surface area contributed by atoms with Gasteiger partial charge in [0.25, 0.3) is 0 Å². The van der Waals surface area contributed by atoms with Crippen LogP contribution in [0.1, 0.15) is 36.0 Å². The lowest BCUT2D eigenvalue weighted by Gasteiger charge is -2.32. The molecule has 3 aromatic rings. The third-order valence-corrected chi connectivity index (χ3v) is 7.21. The molecule has 1 amide bonds. The second-order valence-electron chi connectivity index (χ2n) is 9.58. The van der Waals surface area contributed by atoms with E-state index in [9.17, 15) is 22.4 Å². The number of aromatic nitrogens is 2. The molecule has 0 radical (unpaired) electrons. The topological polar surface area (TPSA) is 50.2 Å². The first-order chi connectivity index (χ1) is 16.7. The summed E-state index contributed by atoms with van der Waals surface area (Å²) in [5, 5.41) is 7.20. The summed E-state index contributed by atoms with van der Waals surface area (Å²) in [6, 6.07) is 11.2. The quantitative estimate of drug-likeness (QED) is 0.502. The molecule has 1 spiro atoms. The Bertz CT molecular complexity index is 1200. The third-order valence-electron chi connectivity index (χ3n) is 7.21. The van der Waals surface area contributed by atoms with Crippen LogP contribution in [0.2, 0.25) is 0 Å². The Balaban J connectivity index is 1.10. The van der Waals surface area contributed by atoms with Gasteiger partial charge in [-0.1, -0.05) is 12.1 Å². The minimum Gasteiger partial charge on any atom is -0.352 e. The normalized spacial score (nSPS) is 19.6. The summed E-state index contributed by atoms with van der Waals surface area (Å²) in [6.07, 6.45) is 2.03. The molecule has 2 fully saturated rings. The molecule has 1 saturated heterocycles. The van der Waals surface area contributed by atoms with Gasteiger partial charge >= 0.3 is 6.18 Å². The number of hydrogen-bond donors (Lipinski definition) is 1. The highest BCUT2D eigenvalue weighted by Crippen LogP contribution is 2.59. The number of hydrogen-bond acceptors (Lipinski definition) is 3. The zero-order valence-electron chi connectivity index (χ0n) is 19.1. The van der Waals surface area contributed by atoms with E-state index in [4.69, 9.17) is 0 Å². The fraction of sp³-hybridized carbons (Fsp3) is 0.385. The molecule has 184 valence electrons. The number of benzene rings is 2. The van der Waals surface area contributed by atoms with Crippen molar-refractivity contribution in [3.8, 4) is 5.69 Å². The maximum Gasteiger partial charge on any atom is 0.416 e. The second kappa shape index (κ2) is 9.11. The number of nitrogens with zero attached hydrogens (tertiary/aromatic N) is 3. The molecule has 0 unspecified atom stereocenters. The Kier molecular flexibility index (Phi) is 6.13. The third kappa shape index (κ3) is 5.24. The smallest absolute Gasteiger partial charge is 0.352 e. The maximum atomic E-state index is 13.1. The van der Waals surface area contributed by atoms with Crippen molar-refractivity contribution < 1.29 is 22.4 Å². The van der Waals surface area contributed by atoms with E-state index < -0.39 is 11.7 Å². The minimum atomic E-state index is -4.39. The van der Waals surface area contributed by atoms with Crippen molar-refractivity contribution >= 4 is 5.91 Å². The van der Waals surface area contributed by atoms with Crippen molar-refractivity contribution in [1.82, 2.24) is 20.0 Å². The van der Waals surface area contributed by atoms with Gasteiger partial charge in [-0.15, -0.1) is 0 Å². The largest absolute Gasteiger partial charge is 0.416 e. The Hall–Kier alpha value is -3.20. The molecule has 2 aromatic carbocycles. The van der Waals surface area contributed by atoms with Crippen LogP contribution in [0, 0.1) is 17.2 Å². The van der Waals surface area contributed by atoms with E-state index in [1.807, 2.05) is 12.4 Å². The molecule has 5 nitrogen and oxygen atoms in total. The summed E-state index contributed by atoms with van der Waals surface area (Å²) in [6.45, 7) is 2.60. The van der Waals surface area contributed by atoms with Crippen LogP contribution < -0.4 is 5.32 Å².